The Morgan fingerprint density at radius 1 is 1.56 bits per heavy atom. The molecule has 0 aliphatic rings. The molecular weight excluding hydrogens is 112 g/mol. The highest BCUT2D eigenvalue weighted by molar-refractivity contribution is 4.95. The molecule has 0 heterocycles. The average Bonchev–Trinajstić information content (AvgIpc) is 1.83. The maximum Gasteiger partial charge on any atom is 0.0677 e. The summed E-state index contributed by atoms with van der Waals surface area (Å²) in [4.78, 5) is 0. The molecule has 0 aliphatic heterocycles. The van der Waals surface area contributed by atoms with E-state index in [9.17, 15) is 0 Å². The van der Waals surface area contributed by atoms with Gasteiger partial charge in [-0.1, -0.05) is 11.6 Å². The Kier molecular flexibility index (Phi) is 4.41. The van der Waals surface area contributed by atoms with Crippen LogP contribution in [0.5, 0.6) is 0 Å². The summed E-state index contributed by atoms with van der Waals surface area (Å²) in [7, 11) is 0. The van der Waals surface area contributed by atoms with E-state index in [4.69, 9.17) is 4.74 Å². The van der Waals surface area contributed by atoms with Crippen molar-refractivity contribution in [3.63, 3.8) is 0 Å². The van der Waals surface area contributed by atoms with Gasteiger partial charge in [-0.05, 0) is 27.7 Å². The summed E-state index contributed by atoms with van der Waals surface area (Å²) in [5.74, 6) is 0. The molecule has 0 fully saturated rings. The van der Waals surface area contributed by atoms with Crippen LogP contribution in [0.4, 0.5) is 0 Å². The molecule has 0 amide bonds. The van der Waals surface area contributed by atoms with Gasteiger partial charge in [-0.3, -0.25) is 0 Å². The molecule has 1 nitrogen and oxygen atoms in total. The molecule has 0 atom stereocenters. The maximum absolute atomic E-state index is 5.33. The minimum atomic E-state index is 0.347. The summed E-state index contributed by atoms with van der Waals surface area (Å²) in [6.45, 7) is 8.96. The topological polar surface area (TPSA) is 9.23 Å². The van der Waals surface area contributed by atoms with Gasteiger partial charge in [-0.25, -0.2) is 0 Å². The van der Waals surface area contributed by atoms with E-state index < -0.39 is 0 Å². The van der Waals surface area contributed by atoms with E-state index in [2.05, 4.69) is 13.0 Å². The second-order valence-corrected chi connectivity index (χ2v) is 2.49. The quantitative estimate of drug-likeness (QED) is 0.530. The van der Waals surface area contributed by atoms with E-state index in [1.807, 2.05) is 20.8 Å². The number of allylic oxidation sites excluding steroid dienone is 1. The highest BCUT2D eigenvalue weighted by Gasteiger charge is 1.91. The second-order valence-electron chi connectivity index (χ2n) is 2.49. The van der Waals surface area contributed by atoms with Crippen LogP contribution in [-0.4, -0.2) is 12.7 Å². The van der Waals surface area contributed by atoms with E-state index in [0.717, 1.165) is 6.61 Å². The molecule has 0 bridgehead atoms. The Balaban J connectivity index is 3.28. The Morgan fingerprint density at radius 2 is 2.11 bits per heavy atom. The lowest BCUT2D eigenvalue weighted by molar-refractivity contribution is 0.0972. The first-order valence-corrected chi connectivity index (χ1v) is 3.40. The van der Waals surface area contributed by atoms with E-state index in [1.165, 1.54) is 5.57 Å². The van der Waals surface area contributed by atoms with Crippen molar-refractivity contribution in [1.29, 1.82) is 0 Å². The summed E-state index contributed by atoms with van der Waals surface area (Å²) in [6, 6.07) is 0. The van der Waals surface area contributed by atoms with Crippen molar-refractivity contribution in [3.8, 4) is 0 Å². The fourth-order valence-corrected chi connectivity index (χ4v) is 0.381. The Morgan fingerprint density at radius 3 is 2.44 bits per heavy atom. The molecule has 0 aromatic heterocycles. The second kappa shape index (κ2) is 4.57. The monoisotopic (exact) mass is 128 g/mol. The van der Waals surface area contributed by atoms with Crippen LogP contribution < -0.4 is 0 Å². The van der Waals surface area contributed by atoms with Crippen LogP contribution >= 0.6 is 0 Å². The fourth-order valence-electron chi connectivity index (χ4n) is 0.381. The predicted octanol–water partition coefficient (Wildman–Crippen LogP) is 2.38. The molecule has 0 saturated carbocycles. The first-order chi connectivity index (χ1) is 4.16. The Labute approximate surface area is 57.7 Å². The fraction of sp³-hybridized carbons (Fsp3) is 0.750. The van der Waals surface area contributed by atoms with Gasteiger partial charge < -0.3 is 4.74 Å². The van der Waals surface area contributed by atoms with Gasteiger partial charge in [0.15, 0.2) is 0 Å². The van der Waals surface area contributed by atoms with Crippen LogP contribution in [0.1, 0.15) is 27.7 Å². The predicted molar refractivity (Wildman–Crippen MR) is 40.5 cm³/mol. The highest BCUT2D eigenvalue weighted by Crippen LogP contribution is 1.95. The van der Waals surface area contributed by atoms with Crippen molar-refractivity contribution < 1.29 is 4.74 Å². The minimum absolute atomic E-state index is 0.347. The van der Waals surface area contributed by atoms with Crippen molar-refractivity contribution in [3.05, 3.63) is 11.6 Å². The van der Waals surface area contributed by atoms with Gasteiger partial charge in [-0.2, -0.15) is 0 Å². The van der Waals surface area contributed by atoms with Crippen molar-refractivity contribution >= 4 is 0 Å². The van der Waals surface area contributed by atoms with Crippen molar-refractivity contribution in [1.82, 2.24) is 0 Å². The van der Waals surface area contributed by atoms with Gasteiger partial charge in [0.25, 0.3) is 0 Å². The number of hydrogen-bond donors (Lipinski definition) is 0. The molecule has 0 N–H and O–H groups in total. The zero-order chi connectivity index (χ0) is 7.28. The van der Waals surface area contributed by atoms with Crippen LogP contribution in [0.2, 0.25) is 0 Å². The first kappa shape index (κ1) is 8.70. The molecule has 0 spiro atoms. The zero-order valence-electron chi connectivity index (χ0n) is 6.77. The number of hydrogen-bond acceptors (Lipinski definition) is 1. The molecule has 9 heavy (non-hydrogen) atoms. The van der Waals surface area contributed by atoms with Crippen LogP contribution in [-0.2, 0) is 4.74 Å². The van der Waals surface area contributed by atoms with Gasteiger partial charge in [0, 0.05) is 0 Å². The largest absolute Gasteiger partial charge is 0.374 e. The third kappa shape index (κ3) is 5.57. The molecular formula is C8H16O. The Hall–Kier alpha value is -0.300. The molecule has 54 valence electrons. The lowest BCUT2D eigenvalue weighted by atomic mass is 10.3. The lowest BCUT2D eigenvalue weighted by Gasteiger charge is -2.06. The molecule has 0 aliphatic carbocycles. The summed E-state index contributed by atoms with van der Waals surface area (Å²) in [5.41, 5.74) is 1.30. The van der Waals surface area contributed by atoms with E-state index >= 15 is 0 Å². The summed E-state index contributed by atoms with van der Waals surface area (Å²) in [5, 5.41) is 0. The van der Waals surface area contributed by atoms with Crippen LogP contribution in [0.25, 0.3) is 0 Å². The normalized spacial score (nSPS) is 12.8. The van der Waals surface area contributed by atoms with Gasteiger partial charge in [0.1, 0.15) is 0 Å². The minimum Gasteiger partial charge on any atom is -0.374 e. The summed E-state index contributed by atoms with van der Waals surface area (Å²) in [6.07, 6.45) is 2.42. The molecule has 0 saturated heterocycles. The van der Waals surface area contributed by atoms with Crippen LogP contribution in [0.15, 0.2) is 11.6 Å². The molecule has 0 rings (SSSR count). The first-order valence-electron chi connectivity index (χ1n) is 3.40. The van der Waals surface area contributed by atoms with Crippen molar-refractivity contribution in [2.45, 2.75) is 33.8 Å². The van der Waals surface area contributed by atoms with E-state index in [0.29, 0.717) is 6.10 Å². The smallest absolute Gasteiger partial charge is 0.0677 e. The zero-order valence-corrected chi connectivity index (χ0v) is 6.77. The van der Waals surface area contributed by atoms with Crippen LogP contribution in [0, 0.1) is 0 Å². The molecule has 1 heteroatoms. The van der Waals surface area contributed by atoms with Gasteiger partial charge in [0.05, 0.1) is 12.7 Å². The SMILES string of the molecule is C/C=C(\C)COC(C)C. The van der Waals surface area contributed by atoms with Crippen molar-refractivity contribution in [2.24, 2.45) is 0 Å². The summed E-state index contributed by atoms with van der Waals surface area (Å²) < 4.78 is 5.33. The number of rotatable bonds is 3. The third-order valence-electron chi connectivity index (χ3n) is 1.14. The molecule has 0 aromatic rings. The van der Waals surface area contributed by atoms with Gasteiger partial charge in [-0.15, -0.1) is 0 Å². The lowest BCUT2D eigenvalue weighted by Crippen LogP contribution is -2.04. The molecule has 0 radical (unpaired) electrons. The van der Waals surface area contributed by atoms with E-state index in [1.54, 1.807) is 0 Å². The summed E-state index contributed by atoms with van der Waals surface area (Å²) >= 11 is 0. The van der Waals surface area contributed by atoms with E-state index in [-0.39, 0.29) is 0 Å². The average molecular weight is 128 g/mol. The van der Waals surface area contributed by atoms with Crippen LogP contribution in [0.3, 0.4) is 0 Å². The van der Waals surface area contributed by atoms with Crippen molar-refractivity contribution in [2.75, 3.05) is 6.61 Å². The Bertz CT molecular complexity index is 92.7. The maximum atomic E-state index is 5.33. The third-order valence-corrected chi connectivity index (χ3v) is 1.14. The standard InChI is InChI=1S/C8H16O/c1-5-8(4)6-9-7(2)3/h5,7H,6H2,1-4H3/b8-5+. The molecule has 0 unspecified atom stereocenters. The van der Waals surface area contributed by atoms with Gasteiger partial charge >= 0.3 is 0 Å². The van der Waals surface area contributed by atoms with Gasteiger partial charge in [0.2, 0.25) is 0 Å². The molecule has 0 aromatic carbocycles. The number of ether oxygens (including phenoxy) is 1. The highest BCUT2D eigenvalue weighted by atomic mass is 16.5.